The molecule has 0 saturated carbocycles. The summed E-state index contributed by atoms with van der Waals surface area (Å²) < 4.78 is 1.64. The molecule has 0 unspecified atom stereocenters. The molecule has 1 aromatic rings. The zero-order valence-corrected chi connectivity index (χ0v) is 8.68. The molecule has 1 aromatic heterocycles. The third-order valence-corrected chi connectivity index (χ3v) is 2.46. The Balaban J connectivity index is 1.92. The number of carbonyl (C=O) groups excluding carboxylic acids is 1. The molecule has 82 valence electrons. The monoisotopic (exact) mass is 209 g/mol. The molecule has 2 amide bonds. The van der Waals surface area contributed by atoms with Gasteiger partial charge in [-0.25, -0.2) is 4.79 Å². The summed E-state index contributed by atoms with van der Waals surface area (Å²) in [5.74, 6) is 0.572. The predicted molar refractivity (Wildman–Crippen MR) is 56.4 cm³/mol. The number of carbonyl (C=O) groups is 1. The van der Waals surface area contributed by atoms with Crippen LogP contribution in [0.4, 0.5) is 10.6 Å². The van der Waals surface area contributed by atoms with Gasteiger partial charge in [-0.05, 0) is 6.42 Å². The number of amides is 2. The van der Waals surface area contributed by atoms with Crippen LogP contribution in [0.2, 0.25) is 0 Å². The molecule has 6 heteroatoms. The van der Waals surface area contributed by atoms with Crippen LogP contribution in [0.5, 0.6) is 0 Å². The summed E-state index contributed by atoms with van der Waals surface area (Å²) in [7, 11) is 1.81. The smallest absolute Gasteiger partial charge is 0.323 e. The standard InChI is InChI=1S/C9H15N5O/c1-13-4-3-8(12-13)11-9(15)14-5-2-7(10)6-14/h3-4,7H,2,5-6,10H2,1H3,(H,11,12,15)/t7-/m1/s1. The van der Waals surface area contributed by atoms with Crippen molar-refractivity contribution < 1.29 is 4.79 Å². The number of nitrogens with two attached hydrogens (primary N) is 1. The first-order valence-electron chi connectivity index (χ1n) is 4.96. The van der Waals surface area contributed by atoms with Crippen LogP contribution >= 0.6 is 0 Å². The van der Waals surface area contributed by atoms with Gasteiger partial charge in [0.15, 0.2) is 5.82 Å². The highest BCUT2D eigenvalue weighted by molar-refractivity contribution is 5.88. The Morgan fingerprint density at radius 3 is 3.07 bits per heavy atom. The SMILES string of the molecule is Cn1ccc(NC(=O)N2CC[C@@H](N)C2)n1. The highest BCUT2D eigenvalue weighted by Crippen LogP contribution is 2.09. The van der Waals surface area contributed by atoms with E-state index < -0.39 is 0 Å². The fourth-order valence-corrected chi connectivity index (χ4v) is 1.64. The third-order valence-electron chi connectivity index (χ3n) is 2.46. The van der Waals surface area contributed by atoms with Gasteiger partial charge in [-0.15, -0.1) is 0 Å². The molecule has 15 heavy (non-hydrogen) atoms. The fourth-order valence-electron chi connectivity index (χ4n) is 1.64. The van der Waals surface area contributed by atoms with Crippen molar-refractivity contribution in [3.8, 4) is 0 Å². The molecule has 2 rings (SSSR count). The third kappa shape index (κ3) is 2.27. The summed E-state index contributed by atoms with van der Waals surface area (Å²) in [5, 5.41) is 6.79. The van der Waals surface area contributed by atoms with Crippen LogP contribution in [0.1, 0.15) is 6.42 Å². The zero-order chi connectivity index (χ0) is 10.8. The summed E-state index contributed by atoms with van der Waals surface area (Å²) in [4.78, 5) is 13.4. The van der Waals surface area contributed by atoms with E-state index in [9.17, 15) is 4.79 Å². The first kappa shape index (κ1) is 9.97. The molecule has 2 heterocycles. The van der Waals surface area contributed by atoms with Gasteiger partial charge in [-0.2, -0.15) is 5.10 Å². The van der Waals surface area contributed by atoms with Crippen molar-refractivity contribution in [3.63, 3.8) is 0 Å². The molecule has 1 aliphatic rings. The Labute approximate surface area is 88.0 Å². The van der Waals surface area contributed by atoms with Gasteiger partial charge in [-0.1, -0.05) is 0 Å². The van der Waals surface area contributed by atoms with Crippen molar-refractivity contribution in [2.24, 2.45) is 12.8 Å². The number of nitrogens with zero attached hydrogens (tertiary/aromatic N) is 3. The molecule has 0 radical (unpaired) electrons. The Morgan fingerprint density at radius 2 is 2.53 bits per heavy atom. The Kier molecular flexibility index (Phi) is 2.59. The van der Waals surface area contributed by atoms with Gasteiger partial charge in [-0.3, -0.25) is 10.00 Å². The van der Waals surface area contributed by atoms with Crippen LogP contribution in [0, 0.1) is 0 Å². The number of nitrogens with one attached hydrogen (secondary N) is 1. The topological polar surface area (TPSA) is 76.2 Å². The van der Waals surface area contributed by atoms with Gasteiger partial charge < -0.3 is 10.6 Å². The molecular weight excluding hydrogens is 194 g/mol. The number of likely N-dealkylation sites (tertiary alicyclic amines) is 1. The van der Waals surface area contributed by atoms with Crippen LogP contribution in [0.25, 0.3) is 0 Å². The van der Waals surface area contributed by atoms with Crippen molar-refractivity contribution in [2.75, 3.05) is 18.4 Å². The van der Waals surface area contributed by atoms with Crippen LogP contribution < -0.4 is 11.1 Å². The summed E-state index contributed by atoms with van der Waals surface area (Å²) in [6.45, 7) is 1.35. The normalized spacial score (nSPS) is 20.7. The number of rotatable bonds is 1. The molecule has 1 atom stereocenters. The second-order valence-corrected chi connectivity index (χ2v) is 3.80. The number of hydrogen-bond acceptors (Lipinski definition) is 3. The van der Waals surface area contributed by atoms with E-state index in [4.69, 9.17) is 5.73 Å². The van der Waals surface area contributed by atoms with E-state index in [0.717, 1.165) is 13.0 Å². The first-order chi connectivity index (χ1) is 7.15. The van der Waals surface area contributed by atoms with Crippen LogP contribution in [0.15, 0.2) is 12.3 Å². The minimum Gasteiger partial charge on any atom is -0.326 e. The molecule has 0 aromatic carbocycles. The minimum atomic E-state index is -0.123. The quantitative estimate of drug-likeness (QED) is 0.682. The number of aromatic nitrogens is 2. The maximum absolute atomic E-state index is 11.7. The van der Waals surface area contributed by atoms with Crippen LogP contribution in [0.3, 0.4) is 0 Å². The van der Waals surface area contributed by atoms with Gasteiger partial charge >= 0.3 is 6.03 Å². The highest BCUT2D eigenvalue weighted by atomic mass is 16.2. The van der Waals surface area contributed by atoms with E-state index in [0.29, 0.717) is 12.4 Å². The fraction of sp³-hybridized carbons (Fsp3) is 0.556. The van der Waals surface area contributed by atoms with E-state index in [-0.39, 0.29) is 12.1 Å². The average Bonchev–Trinajstić information content (AvgIpc) is 2.75. The number of urea groups is 1. The lowest BCUT2D eigenvalue weighted by Crippen LogP contribution is -2.35. The van der Waals surface area contributed by atoms with E-state index in [1.807, 2.05) is 0 Å². The van der Waals surface area contributed by atoms with E-state index >= 15 is 0 Å². The second kappa shape index (κ2) is 3.90. The molecule has 0 spiro atoms. The predicted octanol–water partition coefficient (Wildman–Crippen LogP) is -0.0150. The van der Waals surface area contributed by atoms with E-state index in [2.05, 4.69) is 10.4 Å². The second-order valence-electron chi connectivity index (χ2n) is 3.80. The molecule has 6 nitrogen and oxygen atoms in total. The Morgan fingerprint density at radius 1 is 1.73 bits per heavy atom. The van der Waals surface area contributed by atoms with Gasteiger partial charge in [0.25, 0.3) is 0 Å². The van der Waals surface area contributed by atoms with E-state index in [1.165, 1.54) is 0 Å². The van der Waals surface area contributed by atoms with Gasteiger partial charge in [0, 0.05) is 38.4 Å². The zero-order valence-electron chi connectivity index (χ0n) is 8.68. The highest BCUT2D eigenvalue weighted by Gasteiger charge is 2.23. The van der Waals surface area contributed by atoms with E-state index in [1.54, 1.807) is 28.9 Å². The minimum absolute atomic E-state index is 0.111. The molecule has 0 aliphatic carbocycles. The number of hydrogen-bond donors (Lipinski definition) is 2. The average molecular weight is 209 g/mol. The molecule has 1 aliphatic heterocycles. The van der Waals surface area contributed by atoms with Crippen LogP contribution in [-0.4, -0.2) is 39.8 Å². The molecule has 3 N–H and O–H groups in total. The summed E-state index contributed by atoms with van der Waals surface area (Å²) in [5.41, 5.74) is 5.72. The van der Waals surface area contributed by atoms with Crippen molar-refractivity contribution >= 4 is 11.8 Å². The largest absolute Gasteiger partial charge is 0.326 e. The van der Waals surface area contributed by atoms with Gasteiger partial charge in [0.2, 0.25) is 0 Å². The van der Waals surface area contributed by atoms with Crippen LogP contribution in [-0.2, 0) is 7.05 Å². The summed E-state index contributed by atoms with van der Waals surface area (Å²) >= 11 is 0. The Hall–Kier alpha value is -1.56. The molecular formula is C9H15N5O. The van der Waals surface area contributed by atoms with Gasteiger partial charge in [0.1, 0.15) is 0 Å². The van der Waals surface area contributed by atoms with Crippen molar-refractivity contribution in [2.45, 2.75) is 12.5 Å². The molecule has 1 fully saturated rings. The van der Waals surface area contributed by atoms with Crippen molar-refractivity contribution in [1.82, 2.24) is 14.7 Å². The maximum Gasteiger partial charge on any atom is 0.323 e. The van der Waals surface area contributed by atoms with Gasteiger partial charge in [0.05, 0.1) is 0 Å². The lowest BCUT2D eigenvalue weighted by molar-refractivity contribution is 0.222. The number of anilines is 1. The maximum atomic E-state index is 11.7. The summed E-state index contributed by atoms with van der Waals surface area (Å²) in [6.07, 6.45) is 2.65. The molecule has 0 bridgehead atoms. The summed E-state index contributed by atoms with van der Waals surface area (Å²) in [6, 6.07) is 1.74. The molecule has 1 saturated heterocycles. The van der Waals surface area contributed by atoms with Crippen molar-refractivity contribution in [1.29, 1.82) is 0 Å². The lowest BCUT2D eigenvalue weighted by Gasteiger charge is -2.15. The number of aryl methyl sites for hydroxylation is 1. The van der Waals surface area contributed by atoms with Crippen molar-refractivity contribution in [3.05, 3.63) is 12.3 Å². The first-order valence-corrected chi connectivity index (χ1v) is 4.96. The Bertz CT molecular complexity index is 361. The lowest BCUT2D eigenvalue weighted by atomic mass is 10.3.